The number of carboxylic acids is 3. The van der Waals surface area contributed by atoms with Gasteiger partial charge in [0.05, 0.1) is 0 Å². The fourth-order valence-electron chi connectivity index (χ4n) is 0.744. The van der Waals surface area contributed by atoms with E-state index in [1.165, 1.54) is 0 Å². The first-order chi connectivity index (χ1) is 10.5. The third kappa shape index (κ3) is 19.6. The van der Waals surface area contributed by atoms with Gasteiger partial charge in [0.2, 0.25) is 0 Å². The SMILES string of the molecule is C/C=C(\C)C(=O)O.C/C=C(\C)C(=O)O.C=C(CCCC)C(=O)O. The van der Waals surface area contributed by atoms with Gasteiger partial charge >= 0.3 is 17.9 Å². The van der Waals surface area contributed by atoms with Gasteiger partial charge in [0.15, 0.2) is 0 Å². The van der Waals surface area contributed by atoms with E-state index < -0.39 is 17.9 Å². The van der Waals surface area contributed by atoms with E-state index in [2.05, 4.69) is 6.58 Å². The van der Waals surface area contributed by atoms with Crippen molar-refractivity contribution in [1.29, 1.82) is 0 Å². The van der Waals surface area contributed by atoms with Crippen LogP contribution in [0.1, 0.15) is 53.9 Å². The third-order valence-electron chi connectivity index (χ3n) is 2.68. The Bertz CT molecular complexity index is 430. The Balaban J connectivity index is -0.000000264. The lowest BCUT2D eigenvalue weighted by Crippen LogP contribution is -1.97. The van der Waals surface area contributed by atoms with Crippen molar-refractivity contribution in [1.82, 2.24) is 0 Å². The molecule has 0 aliphatic heterocycles. The maximum absolute atomic E-state index is 10.1. The molecule has 6 nitrogen and oxygen atoms in total. The van der Waals surface area contributed by atoms with Crippen LogP contribution < -0.4 is 0 Å². The average Bonchev–Trinajstić information content (AvgIpc) is 2.51. The lowest BCUT2D eigenvalue weighted by atomic mass is 10.1. The fourth-order valence-corrected chi connectivity index (χ4v) is 0.744. The first kappa shape index (κ1) is 25.6. The molecule has 0 unspecified atom stereocenters. The summed E-state index contributed by atoms with van der Waals surface area (Å²) in [6, 6.07) is 0. The van der Waals surface area contributed by atoms with Gasteiger partial charge in [-0.3, -0.25) is 0 Å². The van der Waals surface area contributed by atoms with Crippen LogP contribution in [0.25, 0.3) is 0 Å². The van der Waals surface area contributed by atoms with Crippen molar-refractivity contribution in [2.24, 2.45) is 0 Å². The standard InChI is InChI=1S/C7H12O2.2C5H8O2/c1-3-4-5-6(2)7(8)9;2*1-3-4(2)5(6)7/h2-5H2,1H3,(H,8,9);2*3H,1-2H3,(H,6,7)/b;2*4-3+. The van der Waals surface area contributed by atoms with E-state index in [0.29, 0.717) is 23.1 Å². The summed E-state index contributed by atoms with van der Waals surface area (Å²) in [6.45, 7) is 11.9. The fraction of sp³-hybridized carbons (Fsp3) is 0.471. The van der Waals surface area contributed by atoms with Gasteiger partial charge in [-0.05, 0) is 40.5 Å². The maximum atomic E-state index is 10.1. The molecular formula is C17H28O6. The molecule has 0 bridgehead atoms. The van der Waals surface area contributed by atoms with Gasteiger partial charge in [-0.25, -0.2) is 14.4 Å². The van der Waals surface area contributed by atoms with Gasteiger partial charge in [0, 0.05) is 16.7 Å². The number of allylic oxidation sites excluding steroid dienone is 2. The lowest BCUT2D eigenvalue weighted by Gasteiger charge is -1.95. The molecular weight excluding hydrogens is 300 g/mol. The van der Waals surface area contributed by atoms with Crippen LogP contribution >= 0.6 is 0 Å². The van der Waals surface area contributed by atoms with Crippen molar-refractivity contribution in [2.45, 2.75) is 53.9 Å². The second-order valence-corrected chi connectivity index (χ2v) is 4.57. The van der Waals surface area contributed by atoms with Gasteiger partial charge < -0.3 is 15.3 Å². The molecule has 23 heavy (non-hydrogen) atoms. The summed E-state index contributed by atoms with van der Waals surface area (Å²) in [5.74, 6) is -2.56. The monoisotopic (exact) mass is 328 g/mol. The Morgan fingerprint density at radius 1 is 0.870 bits per heavy atom. The lowest BCUT2D eigenvalue weighted by molar-refractivity contribution is -0.133. The van der Waals surface area contributed by atoms with E-state index in [0.717, 1.165) is 12.8 Å². The van der Waals surface area contributed by atoms with E-state index in [1.807, 2.05) is 6.92 Å². The van der Waals surface area contributed by atoms with Crippen molar-refractivity contribution < 1.29 is 29.7 Å². The van der Waals surface area contributed by atoms with Crippen molar-refractivity contribution in [3.63, 3.8) is 0 Å². The summed E-state index contributed by atoms with van der Waals surface area (Å²) in [4.78, 5) is 29.8. The van der Waals surface area contributed by atoms with Crippen LogP contribution in [0.3, 0.4) is 0 Å². The topological polar surface area (TPSA) is 112 Å². The summed E-state index contributed by atoms with van der Waals surface area (Å²) in [7, 11) is 0. The number of carbonyl (C=O) groups is 3. The smallest absolute Gasteiger partial charge is 0.330 e. The zero-order valence-electron chi connectivity index (χ0n) is 14.5. The van der Waals surface area contributed by atoms with Crippen LogP contribution in [0.2, 0.25) is 0 Å². The van der Waals surface area contributed by atoms with E-state index in [4.69, 9.17) is 15.3 Å². The first-order valence-electron chi connectivity index (χ1n) is 7.18. The summed E-state index contributed by atoms with van der Waals surface area (Å²) in [6.07, 6.45) is 5.67. The minimum atomic E-state index is -0.872. The van der Waals surface area contributed by atoms with E-state index in [-0.39, 0.29) is 0 Å². The van der Waals surface area contributed by atoms with Crippen LogP contribution in [0.4, 0.5) is 0 Å². The number of unbranched alkanes of at least 4 members (excludes halogenated alkanes) is 1. The van der Waals surface area contributed by atoms with Crippen LogP contribution in [0, 0.1) is 0 Å². The molecule has 0 heterocycles. The second kappa shape index (κ2) is 16.0. The molecule has 3 N–H and O–H groups in total. The molecule has 0 aromatic carbocycles. The summed E-state index contributed by atoms with van der Waals surface area (Å²) in [5.41, 5.74) is 1.09. The molecule has 132 valence electrons. The molecule has 0 amide bonds. The molecule has 0 aromatic rings. The number of carboxylic acid groups (broad SMARTS) is 3. The minimum absolute atomic E-state index is 0.317. The molecule has 0 rings (SSSR count). The van der Waals surface area contributed by atoms with Crippen LogP contribution in [0.15, 0.2) is 35.5 Å². The first-order valence-corrected chi connectivity index (χ1v) is 7.18. The normalized spacial score (nSPS) is 10.5. The number of rotatable bonds is 6. The second-order valence-electron chi connectivity index (χ2n) is 4.57. The van der Waals surface area contributed by atoms with Gasteiger partial charge in [-0.2, -0.15) is 0 Å². The zero-order valence-corrected chi connectivity index (χ0v) is 14.5. The minimum Gasteiger partial charge on any atom is -0.478 e. The summed E-state index contributed by atoms with van der Waals surface area (Å²) in [5, 5.41) is 24.5. The molecule has 0 atom stereocenters. The van der Waals surface area contributed by atoms with Gasteiger partial charge in [-0.1, -0.05) is 32.1 Å². The van der Waals surface area contributed by atoms with Gasteiger partial charge in [-0.15, -0.1) is 0 Å². The molecule has 0 spiro atoms. The number of hydrogen-bond donors (Lipinski definition) is 3. The van der Waals surface area contributed by atoms with E-state index in [1.54, 1.807) is 39.8 Å². The molecule has 0 saturated heterocycles. The van der Waals surface area contributed by atoms with Crippen molar-refractivity contribution in [3.8, 4) is 0 Å². The van der Waals surface area contributed by atoms with E-state index >= 15 is 0 Å². The highest BCUT2D eigenvalue weighted by molar-refractivity contribution is 5.86. The Hall–Kier alpha value is -2.37. The Labute approximate surface area is 137 Å². The highest BCUT2D eigenvalue weighted by Gasteiger charge is 2.00. The molecule has 0 aliphatic carbocycles. The summed E-state index contributed by atoms with van der Waals surface area (Å²) >= 11 is 0. The zero-order chi connectivity index (χ0) is 19.0. The number of hydrogen-bond acceptors (Lipinski definition) is 3. The summed E-state index contributed by atoms with van der Waals surface area (Å²) < 4.78 is 0. The molecule has 0 fully saturated rings. The average molecular weight is 328 g/mol. The van der Waals surface area contributed by atoms with Gasteiger partial charge in [0.1, 0.15) is 0 Å². The molecule has 0 aromatic heterocycles. The largest absolute Gasteiger partial charge is 0.478 e. The van der Waals surface area contributed by atoms with E-state index in [9.17, 15) is 14.4 Å². The van der Waals surface area contributed by atoms with Gasteiger partial charge in [0.25, 0.3) is 0 Å². The highest BCUT2D eigenvalue weighted by atomic mass is 16.4. The Morgan fingerprint density at radius 3 is 1.35 bits per heavy atom. The third-order valence-corrected chi connectivity index (χ3v) is 2.68. The Morgan fingerprint density at radius 2 is 1.22 bits per heavy atom. The Kier molecular flexibility index (Phi) is 17.8. The predicted octanol–water partition coefficient (Wildman–Crippen LogP) is 3.89. The van der Waals surface area contributed by atoms with Crippen molar-refractivity contribution in [2.75, 3.05) is 0 Å². The highest BCUT2D eigenvalue weighted by Crippen LogP contribution is 2.03. The van der Waals surface area contributed by atoms with Crippen molar-refractivity contribution in [3.05, 3.63) is 35.5 Å². The maximum Gasteiger partial charge on any atom is 0.330 e. The molecule has 6 heteroatoms. The molecule has 0 aliphatic rings. The van der Waals surface area contributed by atoms with Crippen LogP contribution in [-0.2, 0) is 14.4 Å². The van der Waals surface area contributed by atoms with Crippen molar-refractivity contribution >= 4 is 17.9 Å². The predicted molar refractivity (Wildman–Crippen MR) is 90.4 cm³/mol. The van der Waals surface area contributed by atoms with Crippen LogP contribution in [-0.4, -0.2) is 33.2 Å². The number of aliphatic carboxylic acids is 3. The quantitative estimate of drug-likeness (QED) is 0.638. The molecule has 0 radical (unpaired) electrons. The van der Waals surface area contributed by atoms with Crippen LogP contribution in [0.5, 0.6) is 0 Å². The molecule has 0 saturated carbocycles.